The number of carbonyl (C=O) groups excluding carboxylic acids is 2. The van der Waals surface area contributed by atoms with Gasteiger partial charge in [-0.15, -0.1) is 10.2 Å². The maximum Gasteiger partial charge on any atom is 0.256 e. The normalized spacial score (nSPS) is 20.0. The molecule has 1 saturated heterocycles. The molecule has 0 bridgehead atoms. The van der Waals surface area contributed by atoms with Crippen LogP contribution in [0.2, 0.25) is 5.02 Å². The summed E-state index contributed by atoms with van der Waals surface area (Å²) in [4.78, 5) is 31.6. The Morgan fingerprint density at radius 2 is 1.88 bits per heavy atom. The topological polar surface area (TPSA) is 104 Å². The molecule has 2 atom stereocenters. The number of rotatable bonds is 7. The second-order valence-corrected chi connectivity index (χ2v) is 13.3. The van der Waals surface area contributed by atoms with Crippen LogP contribution in [-0.2, 0) is 20.7 Å². The highest BCUT2D eigenvalue weighted by atomic mass is 35.5. The van der Waals surface area contributed by atoms with Crippen molar-refractivity contribution in [1.82, 2.24) is 25.5 Å². The summed E-state index contributed by atoms with van der Waals surface area (Å²) in [6, 6.07) is 11.7. The first kappa shape index (κ1) is 30.2. The molecule has 2 aromatic carbocycles. The number of halogens is 1. The second kappa shape index (κ2) is 12.5. The van der Waals surface area contributed by atoms with Crippen LogP contribution in [-0.4, -0.2) is 63.1 Å². The number of nitrogens with one attached hydrogen (secondary N) is 1. The Bertz CT molecular complexity index is 1410. The summed E-state index contributed by atoms with van der Waals surface area (Å²) < 4.78 is 6.71. The van der Waals surface area contributed by atoms with Crippen molar-refractivity contribution in [1.29, 1.82) is 0 Å². The molecule has 0 saturated carbocycles. The molecule has 1 aromatic heterocycles. The van der Waals surface area contributed by atoms with Crippen molar-refractivity contribution in [3.8, 4) is 0 Å². The molecule has 0 unspecified atom stereocenters. The van der Waals surface area contributed by atoms with Gasteiger partial charge >= 0.3 is 0 Å². The first-order chi connectivity index (χ1) is 20.0. The molecule has 3 aromatic rings. The average Bonchev–Trinajstić information content (AvgIpc) is 3.45. The number of aryl methyl sites for hydroxylation is 2. The van der Waals surface area contributed by atoms with Crippen molar-refractivity contribution in [2.24, 2.45) is 11.3 Å². The highest BCUT2D eigenvalue weighted by Gasteiger charge is 2.40. The lowest BCUT2D eigenvalue weighted by molar-refractivity contribution is -0.143. The van der Waals surface area contributed by atoms with Crippen LogP contribution in [0.1, 0.15) is 80.6 Å². The summed E-state index contributed by atoms with van der Waals surface area (Å²) in [7, 11) is 0. The van der Waals surface area contributed by atoms with Crippen molar-refractivity contribution in [3.63, 3.8) is 0 Å². The number of anilines is 1. The highest BCUT2D eigenvalue weighted by Crippen LogP contribution is 2.42. The Labute approximate surface area is 253 Å². The largest absolute Gasteiger partial charge is 0.355 e. The number of fused-ring (bicyclic) bond motifs is 1. The van der Waals surface area contributed by atoms with Crippen LogP contribution in [0.25, 0.3) is 0 Å². The molecular weight excluding hydrogens is 552 g/mol. The Morgan fingerprint density at radius 1 is 1.12 bits per heavy atom. The van der Waals surface area contributed by atoms with Gasteiger partial charge in [0, 0.05) is 42.3 Å². The van der Waals surface area contributed by atoms with Gasteiger partial charge in [-0.3, -0.25) is 9.59 Å². The van der Waals surface area contributed by atoms with E-state index in [1.54, 1.807) is 4.90 Å². The summed E-state index contributed by atoms with van der Waals surface area (Å²) >= 11 is 6.52. The lowest BCUT2D eigenvalue weighted by Crippen LogP contribution is -2.46. The monoisotopic (exact) mass is 592 g/mol. The first-order valence-electron chi connectivity index (χ1n) is 14.8. The predicted molar refractivity (Wildman–Crippen MR) is 162 cm³/mol. The number of nitrogens with zero attached hydrogens (tertiary/aromatic N) is 5. The molecule has 0 radical (unpaired) electrons. The lowest BCUT2D eigenvalue weighted by atomic mass is 9.92. The smallest absolute Gasteiger partial charge is 0.256 e. The Hall–Kier alpha value is -3.30. The van der Waals surface area contributed by atoms with Crippen LogP contribution in [0, 0.1) is 25.2 Å². The van der Waals surface area contributed by atoms with Gasteiger partial charge in [-0.25, -0.2) is 0 Å². The standard InChI is InChI=1S/C32H41ClN6O3/c1-20-7-6-8-24(21(20)2)30-25-17-23(33)10-11-26(25)39(19-32(3,4)5)31(41)27(42-30)18-29(40)38-15-13-22(14-16-38)9-12-28-34-36-37-35-28/h6-8,10-11,17,22,27,30H,9,12-16,18-19H2,1-5H3,(H,34,35,36,37)/t27-,30-/m1/s1. The van der Waals surface area contributed by atoms with Gasteiger partial charge in [0.25, 0.3) is 5.91 Å². The number of amides is 2. The number of benzene rings is 2. The molecule has 1 fully saturated rings. The van der Waals surface area contributed by atoms with Crippen LogP contribution >= 0.6 is 11.6 Å². The Balaban J connectivity index is 1.39. The van der Waals surface area contributed by atoms with E-state index in [4.69, 9.17) is 16.3 Å². The number of likely N-dealkylation sites (tertiary alicyclic amines) is 1. The fourth-order valence-corrected chi connectivity index (χ4v) is 6.20. The molecule has 5 rings (SSSR count). The Kier molecular flexibility index (Phi) is 8.99. The SMILES string of the molecule is Cc1cccc([C@H]2O[C@H](CC(=O)N3CCC(CCc4nn[nH]n4)CC3)C(=O)N(CC(C)(C)C)c3ccc(Cl)cc32)c1C. The van der Waals surface area contributed by atoms with Gasteiger partial charge in [0.1, 0.15) is 12.2 Å². The maximum atomic E-state index is 14.2. The number of piperidine rings is 1. The lowest BCUT2D eigenvalue weighted by Gasteiger charge is -2.34. The number of H-pyrrole nitrogens is 1. The van der Waals surface area contributed by atoms with E-state index in [-0.39, 0.29) is 23.7 Å². The van der Waals surface area contributed by atoms with Gasteiger partial charge in [-0.2, -0.15) is 5.21 Å². The minimum absolute atomic E-state index is 0.00388. The first-order valence-corrected chi connectivity index (χ1v) is 15.2. The summed E-state index contributed by atoms with van der Waals surface area (Å²) in [5.41, 5.74) is 4.65. The fraction of sp³-hybridized carbons (Fsp3) is 0.531. The van der Waals surface area contributed by atoms with Crippen molar-refractivity contribution >= 4 is 29.1 Å². The average molecular weight is 593 g/mol. The quantitative estimate of drug-likeness (QED) is 0.383. The number of hydrogen-bond donors (Lipinski definition) is 1. The highest BCUT2D eigenvalue weighted by molar-refractivity contribution is 6.30. The minimum atomic E-state index is -0.924. The van der Waals surface area contributed by atoms with Gasteiger partial charge < -0.3 is 14.5 Å². The van der Waals surface area contributed by atoms with Crippen LogP contribution in [0.4, 0.5) is 5.69 Å². The van der Waals surface area contributed by atoms with Crippen LogP contribution in [0.5, 0.6) is 0 Å². The Morgan fingerprint density at radius 3 is 2.57 bits per heavy atom. The number of carbonyl (C=O) groups is 2. The molecule has 2 aliphatic rings. The van der Waals surface area contributed by atoms with Gasteiger partial charge in [0.15, 0.2) is 5.82 Å². The zero-order chi connectivity index (χ0) is 30.0. The summed E-state index contributed by atoms with van der Waals surface area (Å²) in [5.74, 6) is 0.977. The zero-order valence-electron chi connectivity index (χ0n) is 25.2. The molecule has 9 nitrogen and oxygen atoms in total. The van der Waals surface area contributed by atoms with Crippen LogP contribution in [0.15, 0.2) is 36.4 Å². The molecule has 1 N–H and O–H groups in total. The second-order valence-electron chi connectivity index (χ2n) is 12.9. The number of ether oxygens (including phenoxy) is 1. The van der Waals surface area contributed by atoms with E-state index in [0.29, 0.717) is 30.6 Å². The van der Waals surface area contributed by atoms with Crippen LogP contribution < -0.4 is 4.90 Å². The molecule has 42 heavy (non-hydrogen) atoms. The van der Waals surface area contributed by atoms with Crippen LogP contribution in [0.3, 0.4) is 0 Å². The van der Waals surface area contributed by atoms with Gasteiger partial charge in [-0.05, 0) is 79.3 Å². The third kappa shape index (κ3) is 6.84. The maximum absolute atomic E-state index is 14.2. The molecule has 10 heteroatoms. The van der Waals surface area contributed by atoms with E-state index < -0.39 is 12.2 Å². The fourth-order valence-electron chi connectivity index (χ4n) is 6.02. The summed E-state index contributed by atoms with van der Waals surface area (Å²) in [6.45, 7) is 12.3. The van der Waals surface area contributed by atoms with Gasteiger partial charge in [-0.1, -0.05) is 55.8 Å². The van der Waals surface area contributed by atoms with E-state index in [2.05, 4.69) is 61.3 Å². The molecule has 0 spiro atoms. The third-order valence-corrected chi connectivity index (χ3v) is 8.69. The van der Waals surface area contributed by atoms with Crippen molar-refractivity contribution in [2.45, 2.75) is 78.9 Å². The van der Waals surface area contributed by atoms with E-state index >= 15 is 0 Å². The summed E-state index contributed by atoms with van der Waals surface area (Å²) in [6.07, 6.45) is 2.09. The predicted octanol–water partition coefficient (Wildman–Crippen LogP) is 5.60. The minimum Gasteiger partial charge on any atom is -0.355 e. The number of aromatic nitrogens is 4. The zero-order valence-corrected chi connectivity index (χ0v) is 25.9. The van der Waals surface area contributed by atoms with Gasteiger partial charge in [0.2, 0.25) is 5.91 Å². The van der Waals surface area contributed by atoms with E-state index in [1.807, 2.05) is 35.2 Å². The van der Waals surface area contributed by atoms with Crippen molar-refractivity contribution < 1.29 is 14.3 Å². The molecule has 2 amide bonds. The molecule has 3 heterocycles. The van der Waals surface area contributed by atoms with Crippen molar-refractivity contribution in [2.75, 3.05) is 24.5 Å². The number of aromatic amines is 1. The summed E-state index contributed by atoms with van der Waals surface area (Å²) in [5, 5.41) is 14.8. The molecule has 224 valence electrons. The molecule has 2 aliphatic heterocycles. The van der Waals surface area contributed by atoms with Gasteiger partial charge in [0.05, 0.1) is 6.42 Å². The van der Waals surface area contributed by atoms with E-state index in [1.165, 1.54) is 0 Å². The number of tetrazole rings is 1. The van der Waals surface area contributed by atoms with E-state index in [9.17, 15) is 9.59 Å². The van der Waals surface area contributed by atoms with E-state index in [0.717, 1.165) is 59.4 Å². The van der Waals surface area contributed by atoms with Crippen molar-refractivity contribution in [3.05, 3.63) is 69.5 Å². The third-order valence-electron chi connectivity index (χ3n) is 8.46. The molecular formula is C32H41ClN6O3. The number of hydrogen-bond acceptors (Lipinski definition) is 6. The molecule has 0 aliphatic carbocycles.